The minimum Gasteiger partial charge on any atom is -0.493 e. The molecule has 1 heterocycles. The summed E-state index contributed by atoms with van der Waals surface area (Å²) in [6.45, 7) is 3.88. The molecule has 0 saturated carbocycles. The minimum absolute atomic E-state index is 0.0647. The number of halogens is 1. The highest BCUT2D eigenvalue weighted by atomic mass is 32.2. The Kier molecular flexibility index (Phi) is 5.14. The summed E-state index contributed by atoms with van der Waals surface area (Å²) in [5.74, 6) is -1.05. The zero-order valence-electron chi connectivity index (χ0n) is 14.6. The first-order valence-corrected chi connectivity index (χ1v) is 9.71. The summed E-state index contributed by atoms with van der Waals surface area (Å²) in [6.07, 6.45) is 3.06. The molecule has 0 aliphatic carbocycles. The highest BCUT2D eigenvalue weighted by Gasteiger charge is 2.35. The summed E-state index contributed by atoms with van der Waals surface area (Å²) in [7, 11) is -2.47. The van der Waals surface area contributed by atoms with E-state index in [1.165, 1.54) is 25.3 Å². The first-order valence-electron chi connectivity index (χ1n) is 8.05. The summed E-state index contributed by atoms with van der Waals surface area (Å²) < 4.78 is 49.6. The van der Waals surface area contributed by atoms with E-state index in [0.717, 1.165) is 6.07 Å². The summed E-state index contributed by atoms with van der Waals surface area (Å²) in [5.41, 5.74) is 0.483. The molecule has 27 heavy (non-hydrogen) atoms. The van der Waals surface area contributed by atoms with Crippen LogP contribution >= 0.6 is 0 Å². The van der Waals surface area contributed by atoms with Crippen molar-refractivity contribution in [3.8, 4) is 11.5 Å². The second kappa shape index (κ2) is 7.36. The normalized spacial score (nSPS) is 16.7. The lowest BCUT2D eigenvalue weighted by Gasteiger charge is -2.18. The van der Waals surface area contributed by atoms with Crippen LogP contribution in [0.4, 0.5) is 4.39 Å². The van der Waals surface area contributed by atoms with Gasteiger partial charge in [0.15, 0.2) is 27.1 Å². The number of benzene rings is 2. The van der Waals surface area contributed by atoms with Crippen molar-refractivity contribution < 1.29 is 27.1 Å². The molecule has 0 amide bonds. The Morgan fingerprint density at radius 1 is 1.22 bits per heavy atom. The number of sulfone groups is 1. The SMILES string of the molecule is C=CCOc1ccc(/C=C2\CS(=O)(=O)c3c(F)cccc3C2=O)cc1OC. The Morgan fingerprint density at radius 2 is 2.00 bits per heavy atom. The lowest BCUT2D eigenvalue weighted by atomic mass is 10.0. The van der Waals surface area contributed by atoms with Gasteiger partial charge in [-0.1, -0.05) is 24.8 Å². The van der Waals surface area contributed by atoms with Crippen molar-refractivity contribution in [1.29, 1.82) is 0 Å². The van der Waals surface area contributed by atoms with Crippen LogP contribution in [0.3, 0.4) is 0 Å². The van der Waals surface area contributed by atoms with Crippen LogP contribution in [0, 0.1) is 5.82 Å². The van der Waals surface area contributed by atoms with Gasteiger partial charge in [-0.15, -0.1) is 0 Å². The van der Waals surface area contributed by atoms with Crippen LogP contribution in [0.25, 0.3) is 6.08 Å². The van der Waals surface area contributed by atoms with Gasteiger partial charge in [0.25, 0.3) is 0 Å². The number of hydrogen-bond acceptors (Lipinski definition) is 5. The lowest BCUT2D eigenvalue weighted by Crippen LogP contribution is -2.25. The van der Waals surface area contributed by atoms with Crippen LogP contribution in [-0.2, 0) is 9.84 Å². The molecule has 3 rings (SSSR count). The van der Waals surface area contributed by atoms with Crippen molar-refractivity contribution in [3.05, 3.63) is 71.6 Å². The first kappa shape index (κ1) is 18.8. The van der Waals surface area contributed by atoms with E-state index in [9.17, 15) is 17.6 Å². The topological polar surface area (TPSA) is 69.7 Å². The van der Waals surface area contributed by atoms with E-state index in [0.29, 0.717) is 23.7 Å². The van der Waals surface area contributed by atoms with Crippen molar-refractivity contribution in [3.63, 3.8) is 0 Å². The van der Waals surface area contributed by atoms with Gasteiger partial charge >= 0.3 is 0 Å². The second-order valence-corrected chi connectivity index (χ2v) is 7.81. The van der Waals surface area contributed by atoms with Crippen molar-refractivity contribution in [1.82, 2.24) is 0 Å². The number of Topliss-reactive ketones (excluding diaryl/α,β-unsaturated/α-hetero) is 1. The van der Waals surface area contributed by atoms with Crippen LogP contribution in [0.15, 0.2) is 59.5 Å². The third kappa shape index (κ3) is 3.64. The van der Waals surface area contributed by atoms with E-state index in [1.54, 1.807) is 24.3 Å². The van der Waals surface area contributed by atoms with Gasteiger partial charge in [0.2, 0.25) is 0 Å². The lowest BCUT2D eigenvalue weighted by molar-refractivity contribution is 0.103. The molecule has 5 nitrogen and oxygen atoms in total. The molecular formula is C20H17FO5S. The van der Waals surface area contributed by atoms with E-state index in [-0.39, 0.29) is 11.1 Å². The molecule has 0 aromatic heterocycles. The van der Waals surface area contributed by atoms with E-state index < -0.39 is 32.1 Å². The van der Waals surface area contributed by atoms with E-state index >= 15 is 0 Å². The molecule has 1 aliphatic heterocycles. The molecule has 0 saturated heterocycles. The fourth-order valence-electron chi connectivity index (χ4n) is 2.87. The summed E-state index contributed by atoms with van der Waals surface area (Å²) in [4.78, 5) is 12.1. The number of rotatable bonds is 5. The van der Waals surface area contributed by atoms with Gasteiger partial charge in [0, 0.05) is 11.1 Å². The second-order valence-electron chi connectivity index (χ2n) is 5.88. The molecule has 0 unspecified atom stereocenters. The maximum atomic E-state index is 14.0. The zero-order valence-corrected chi connectivity index (χ0v) is 15.4. The summed E-state index contributed by atoms with van der Waals surface area (Å²) in [6, 6.07) is 8.63. The first-order chi connectivity index (χ1) is 12.9. The number of hydrogen-bond donors (Lipinski definition) is 0. The quantitative estimate of drug-likeness (QED) is 0.580. The van der Waals surface area contributed by atoms with E-state index in [4.69, 9.17) is 9.47 Å². The average molecular weight is 388 g/mol. The maximum Gasteiger partial charge on any atom is 0.191 e. The Hall–Kier alpha value is -2.93. The van der Waals surface area contributed by atoms with Crippen molar-refractivity contribution in [2.24, 2.45) is 0 Å². The predicted octanol–water partition coefficient (Wildman–Crippen LogP) is 3.45. The molecule has 0 atom stereocenters. The van der Waals surface area contributed by atoms with Crippen LogP contribution < -0.4 is 9.47 Å². The molecule has 0 fully saturated rings. The molecule has 0 N–H and O–H groups in total. The van der Waals surface area contributed by atoms with Crippen LogP contribution in [-0.4, -0.2) is 33.7 Å². The van der Waals surface area contributed by atoms with Gasteiger partial charge in [-0.25, -0.2) is 12.8 Å². The molecule has 0 spiro atoms. The average Bonchev–Trinajstić information content (AvgIpc) is 2.64. The van der Waals surface area contributed by atoms with Crippen molar-refractivity contribution >= 4 is 21.7 Å². The van der Waals surface area contributed by atoms with E-state index in [2.05, 4.69) is 6.58 Å². The Morgan fingerprint density at radius 3 is 2.70 bits per heavy atom. The third-order valence-electron chi connectivity index (χ3n) is 4.05. The molecule has 2 aromatic rings. The van der Waals surface area contributed by atoms with Crippen LogP contribution in [0.1, 0.15) is 15.9 Å². The van der Waals surface area contributed by atoms with Gasteiger partial charge in [0.1, 0.15) is 17.3 Å². The molecular weight excluding hydrogens is 371 g/mol. The molecule has 7 heteroatoms. The Bertz CT molecular complexity index is 1050. The number of carbonyl (C=O) groups excluding carboxylic acids is 1. The third-order valence-corrected chi connectivity index (χ3v) is 5.77. The van der Waals surface area contributed by atoms with Gasteiger partial charge in [-0.3, -0.25) is 4.79 Å². The number of ether oxygens (including phenoxy) is 2. The monoisotopic (exact) mass is 388 g/mol. The van der Waals surface area contributed by atoms with Crippen LogP contribution in [0.2, 0.25) is 0 Å². The Balaban J connectivity index is 2.03. The van der Waals surface area contributed by atoms with Crippen LogP contribution in [0.5, 0.6) is 11.5 Å². The van der Waals surface area contributed by atoms with Gasteiger partial charge < -0.3 is 9.47 Å². The summed E-state index contributed by atoms with van der Waals surface area (Å²) in [5, 5.41) is 0. The molecule has 0 bridgehead atoms. The highest BCUT2D eigenvalue weighted by molar-refractivity contribution is 7.92. The fourth-order valence-corrected chi connectivity index (χ4v) is 4.50. The standard InChI is InChI=1S/C20H17FO5S/c1-3-9-26-17-8-7-13(11-18(17)25-2)10-14-12-27(23,24)20-15(19(14)22)5-4-6-16(20)21/h3-8,10-11H,1,9,12H2,2H3/b14-10+. The smallest absolute Gasteiger partial charge is 0.191 e. The number of fused-ring (bicyclic) bond motifs is 1. The minimum atomic E-state index is -3.94. The highest BCUT2D eigenvalue weighted by Crippen LogP contribution is 2.33. The van der Waals surface area contributed by atoms with Gasteiger partial charge in [0.05, 0.1) is 12.9 Å². The van der Waals surface area contributed by atoms with Crippen molar-refractivity contribution in [2.75, 3.05) is 19.5 Å². The zero-order chi connectivity index (χ0) is 19.6. The number of carbonyl (C=O) groups is 1. The molecule has 0 radical (unpaired) electrons. The molecule has 2 aromatic carbocycles. The van der Waals surface area contributed by atoms with E-state index in [1.807, 2.05) is 0 Å². The molecule has 1 aliphatic rings. The number of methoxy groups -OCH3 is 1. The maximum absolute atomic E-state index is 14.0. The molecule has 140 valence electrons. The van der Waals surface area contributed by atoms with Crippen molar-refractivity contribution in [2.45, 2.75) is 4.90 Å². The van der Waals surface area contributed by atoms with Gasteiger partial charge in [-0.05, 0) is 35.9 Å². The Labute approximate surface area is 156 Å². The number of ketones is 1. The van der Waals surface area contributed by atoms with Gasteiger partial charge in [-0.2, -0.15) is 0 Å². The fraction of sp³-hybridized carbons (Fsp3) is 0.150. The summed E-state index contributed by atoms with van der Waals surface area (Å²) >= 11 is 0. The largest absolute Gasteiger partial charge is 0.493 e. The predicted molar refractivity (Wildman–Crippen MR) is 99.4 cm³/mol.